The maximum Gasteiger partial charge on any atom is 0.253 e. The van der Waals surface area contributed by atoms with Crippen LogP contribution in [0.25, 0.3) is 0 Å². The van der Waals surface area contributed by atoms with Gasteiger partial charge in [-0.2, -0.15) is 0 Å². The van der Waals surface area contributed by atoms with Crippen LogP contribution in [0.1, 0.15) is 16.8 Å². The monoisotopic (exact) mass is 409 g/mol. The molecule has 0 radical (unpaired) electrons. The summed E-state index contributed by atoms with van der Waals surface area (Å²) in [5.41, 5.74) is 3.54. The number of carbonyl (C=O) groups is 1. The summed E-state index contributed by atoms with van der Waals surface area (Å²) in [6.45, 7) is 2.43. The van der Waals surface area contributed by atoms with E-state index in [9.17, 15) is 4.79 Å². The molecule has 1 aliphatic heterocycles. The minimum atomic E-state index is -0.0783. The van der Waals surface area contributed by atoms with Gasteiger partial charge in [-0.05, 0) is 37.2 Å². The molecule has 27 heavy (non-hydrogen) atoms. The van der Waals surface area contributed by atoms with Crippen LogP contribution in [-0.4, -0.2) is 32.7 Å². The van der Waals surface area contributed by atoms with Crippen molar-refractivity contribution in [2.75, 3.05) is 32.1 Å². The van der Waals surface area contributed by atoms with Crippen LogP contribution in [-0.2, 0) is 0 Å². The molecule has 2 aromatic carbocycles. The summed E-state index contributed by atoms with van der Waals surface area (Å²) >= 11 is 0. The number of methoxy groups -OCH3 is 1. The van der Waals surface area contributed by atoms with E-state index in [0.29, 0.717) is 12.1 Å². The third kappa shape index (κ3) is 6.47. The van der Waals surface area contributed by atoms with E-state index in [1.807, 2.05) is 48.5 Å². The van der Waals surface area contributed by atoms with Gasteiger partial charge in [-0.15, -0.1) is 24.8 Å². The van der Waals surface area contributed by atoms with Gasteiger partial charge in [0.25, 0.3) is 5.91 Å². The minimum Gasteiger partial charge on any atom is -0.497 e. The lowest BCUT2D eigenvalue weighted by molar-refractivity contribution is 0.0957. The van der Waals surface area contributed by atoms with Crippen LogP contribution in [0.3, 0.4) is 0 Å². The van der Waals surface area contributed by atoms with E-state index in [0.717, 1.165) is 36.6 Å². The van der Waals surface area contributed by atoms with Gasteiger partial charge in [0.1, 0.15) is 5.75 Å². The highest BCUT2D eigenvalue weighted by atomic mass is 35.5. The van der Waals surface area contributed by atoms with E-state index in [2.05, 4.69) is 22.0 Å². The Hall–Kier alpha value is -2.21. The molecule has 1 amide bonds. The molecule has 0 fully saturated rings. The fourth-order valence-electron chi connectivity index (χ4n) is 2.77. The zero-order valence-corrected chi connectivity index (χ0v) is 16.8. The van der Waals surface area contributed by atoms with Gasteiger partial charge in [-0.1, -0.05) is 29.8 Å². The molecule has 5 nitrogen and oxygen atoms in total. The lowest BCUT2D eigenvalue weighted by atomic mass is 10.1. The topological polar surface area (TPSA) is 62.4 Å². The highest BCUT2D eigenvalue weighted by molar-refractivity contribution is 6.00. The van der Waals surface area contributed by atoms with Crippen molar-refractivity contribution < 1.29 is 9.53 Å². The lowest BCUT2D eigenvalue weighted by Crippen LogP contribution is -2.30. The number of para-hydroxylation sites is 1. The molecular formula is C20H25Cl2N3O2. The standard InChI is InChI=1S/C20H23N3O2.2ClH/c1-25-17-6-4-5-16(13-17)23-19-8-3-2-7-18(19)20(24)22-14-15-9-11-21-12-10-15;;/h2-9,13,21,23H,10-12,14H2,1H3,(H,22,24);2*1H. The lowest BCUT2D eigenvalue weighted by Gasteiger charge is -2.16. The molecule has 0 aliphatic carbocycles. The SMILES string of the molecule is COc1cccc(Nc2ccccc2C(=O)NCC2=CCNCC2)c1.Cl.Cl. The molecule has 2 aromatic rings. The molecule has 0 saturated heterocycles. The molecule has 146 valence electrons. The van der Waals surface area contributed by atoms with Gasteiger partial charge < -0.3 is 20.7 Å². The van der Waals surface area contributed by atoms with E-state index < -0.39 is 0 Å². The summed E-state index contributed by atoms with van der Waals surface area (Å²) in [6, 6.07) is 15.1. The molecule has 0 aromatic heterocycles. The van der Waals surface area contributed by atoms with Gasteiger partial charge in [0.15, 0.2) is 0 Å². The average molecular weight is 410 g/mol. The van der Waals surface area contributed by atoms with Gasteiger partial charge >= 0.3 is 0 Å². The third-order valence-electron chi connectivity index (χ3n) is 4.15. The number of carbonyl (C=O) groups excluding carboxylic acids is 1. The third-order valence-corrected chi connectivity index (χ3v) is 4.15. The Bertz CT molecular complexity index is 781. The van der Waals surface area contributed by atoms with Crippen LogP contribution in [0.2, 0.25) is 0 Å². The molecular weight excluding hydrogens is 385 g/mol. The number of benzene rings is 2. The van der Waals surface area contributed by atoms with E-state index in [1.165, 1.54) is 5.57 Å². The van der Waals surface area contributed by atoms with Crippen molar-refractivity contribution in [1.29, 1.82) is 0 Å². The second-order valence-electron chi connectivity index (χ2n) is 5.90. The number of ether oxygens (including phenoxy) is 1. The Morgan fingerprint density at radius 2 is 1.96 bits per heavy atom. The summed E-state index contributed by atoms with van der Waals surface area (Å²) in [7, 11) is 1.63. The van der Waals surface area contributed by atoms with Gasteiger partial charge in [0.05, 0.1) is 18.4 Å². The highest BCUT2D eigenvalue weighted by Crippen LogP contribution is 2.24. The number of anilines is 2. The largest absolute Gasteiger partial charge is 0.497 e. The van der Waals surface area contributed by atoms with Crippen molar-refractivity contribution in [3.63, 3.8) is 0 Å². The van der Waals surface area contributed by atoms with Crippen LogP contribution in [0.15, 0.2) is 60.2 Å². The summed E-state index contributed by atoms with van der Waals surface area (Å²) in [5.74, 6) is 0.690. The molecule has 0 atom stereocenters. The molecule has 7 heteroatoms. The fraction of sp³-hybridized carbons (Fsp3) is 0.250. The predicted octanol–water partition coefficient (Wildman–Crippen LogP) is 3.93. The zero-order valence-electron chi connectivity index (χ0n) is 15.2. The summed E-state index contributed by atoms with van der Waals surface area (Å²) in [6.07, 6.45) is 3.12. The smallest absolute Gasteiger partial charge is 0.253 e. The molecule has 1 aliphatic rings. The Labute approximate surface area is 172 Å². The number of amides is 1. The van der Waals surface area contributed by atoms with Crippen LogP contribution in [0.5, 0.6) is 5.75 Å². The van der Waals surface area contributed by atoms with Crippen LogP contribution >= 0.6 is 24.8 Å². The second-order valence-corrected chi connectivity index (χ2v) is 5.90. The van der Waals surface area contributed by atoms with Gasteiger partial charge in [-0.3, -0.25) is 4.79 Å². The maximum atomic E-state index is 12.6. The van der Waals surface area contributed by atoms with Gasteiger partial charge in [0.2, 0.25) is 0 Å². The fourth-order valence-corrected chi connectivity index (χ4v) is 2.77. The minimum absolute atomic E-state index is 0. The van der Waals surface area contributed by atoms with E-state index in [1.54, 1.807) is 7.11 Å². The maximum absolute atomic E-state index is 12.6. The van der Waals surface area contributed by atoms with Crippen molar-refractivity contribution >= 4 is 42.1 Å². The van der Waals surface area contributed by atoms with Crippen molar-refractivity contribution in [2.45, 2.75) is 6.42 Å². The zero-order chi connectivity index (χ0) is 17.5. The molecule has 1 heterocycles. The van der Waals surface area contributed by atoms with Crippen LogP contribution in [0, 0.1) is 0 Å². The van der Waals surface area contributed by atoms with E-state index in [-0.39, 0.29) is 30.7 Å². The number of nitrogens with one attached hydrogen (secondary N) is 3. The second kappa shape index (κ2) is 11.5. The Morgan fingerprint density at radius 3 is 2.70 bits per heavy atom. The molecule has 0 unspecified atom stereocenters. The normalized spacial score (nSPS) is 12.7. The molecule has 3 rings (SSSR count). The first kappa shape index (κ1) is 22.8. The first-order chi connectivity index (χ1) is 12.3. The van der Waals surface area contributed by atoms with Gasteiger partial charge in [-0.25, -0.2) is 0 Å². The number of rotatable bonds is 6. The predicted molar refractivity (Wildman–Crippen MR) is 115 cm³/mol. The Morgan fingerprint density at radius 1 is 1.15 bits per heavy atom. The quantitative estimate of drug-likeness (QED) is 0.632. The van der Waals surface area contributed by atoms with Gasteiger partial charge in [0, 0.05) is 24.8 Å². The summed E-state index contributed by atoms with van der Waals surface area (Å²) in [4.78, 5) is 12.6. The van der Waals surface area contributed by atoms with Crippen LogP contribution < -0.4 is 20.7 Å². The molecule has 0 bridgehead atoms. The number of hydrogen-bond donors (Lipinski definition) is 3. The highest BCUT2D eigenvalue weighted by Gasteiger charge is 2.12. The number of hydrogen-bond acceptors (Lipinski definition) is 4. The summed E-state index contributed by atoms with van der Waals surface area (Å²) in [5, 5.41) is 9.59. The number of halogens is 2. The van der Waals surface area contributed by atoms with Crippen molar-refractivity contribution in [3.8, 4) is 5.75 Å². The Balaban J connectivity index is 0.00000182. The summed E-state index contributed by atoms with van der Waals surface area (Å²) < 4.78 is 5.25. The molecule has 0 saturated carbocycles. The van der Waals surface area contributed by atoms with Crippen molar-refractivity contribution in [1.82, 2.24) is 10.6 Å². The Kier molecular flexibility index (Phi) is 9.72. The first-order valence-electron chi connectivity index (χ1n) is 8.43. The van der Waals surface area contributed by atoms with Crippen LogP contribution in [0.4, 0.5) is 11.4 Å². The van der Waals surface area contributed by atoms with E-state index in [4.69, 9.17) is 4.74 Å². The molecule has 3 N–H and O–H groups in total. The first-order valence-corrected chi connectivity index (χ1v) is 8.43. The molecule has 0 spiro atoms. The van der Waals surface area contributed by atoms with Crippen molar-refractivity contribution in [3.05, 3.63) is 65.7 Å². The average Bonchev–Trinajstić information content (AvgIpc) is 2.67. The van der Waals surface area contributed by atoms with E-state index >= 15 is 0 Å². The van der Waals surface area contributed by atoms with Crippen molar-refractivity contribution in [2.24, 2.45) is 0 Å².